The highest BCUT2D eigenvalue weighted by atomic mass is 16.5. The maximum Gasteiger partial charge on any atom is 0.159 e. The molecule has 7 rings (SSSR count). The van der Waals surface area contributed by atoms with Gasteiger partial charge >= 0.3 is 0 Å². The standard InChI is InChI=1S/C47H38O4/c1-30(48)34-9-5-32(6-10-34)25-46(36-13-19-42(50-3)20-14-36)38-17-23-44-40(27-38)29-41-28-39(18-24-45(41)44)47(37-15-21-43(51-4)22-16-37)26-33-7-11-35(12-8-33)31(2)49/h5-28H,29H2,1-4H3/b46-25+,47-26+. The van der Waals surface area contributed by atoms with Crippen LogP contribution in [0.1, 0.15) is 79.1 Å². The van der Waals surface area contributed by atoms with Gasteiger partial charge in [0.25, 0.3) is 0 Å². The van der Waals surface area contributed by atoms with Crippen LogP contribution in [0.5, 0.6) is 11.5 Å². The first-order valence-corrected chi connectivity index (χ1v) is 17.0. The molecule has 0 N–H and O–H groups in total. The Kier molecular flexibility index (Phi) is 9.32. The Morgan fingerprint density at radius 1 is 0.451 bits per heavy atom. The monoisotopic (exact) mass is 666 g/mol. The van der Waals surface area contributed by atoms with E-state index in [4.69, 9.17) is 9.47 Å². The lowest BCUT2D eigenvalue weighted by atomic mass is 9.92. The van der Waals surface area contributed by atoms with Gasteiger partial charge in [-0.3, -0.25) is 9.59 Å². The van der Waals surface area contributed by atoms with Gasteiger partial charge in [-0.05, 0) is 123 Å². The zero-order chi connectivity index (χ0) is 35.5. The van der Waals surface area contributed by atoms with Gasteiger partial charge < -0.3 is 9.47 Å². The molecule has 0 saturated carbocycles. The van der Waals surface area contributed by atoms with Crippen LogP contribution in [0.15, 0.2) is 133 Å². The van der Waals surface area contributed by atoms with Crippen LogP contribution in [0.25, 0.3) is 34.4 Å². The number of carbonyl (C=O) groups excluding carboxylic acids is 2. The molecule has 4 nitrogen and oxygen atoms in total. The van der Waals surface area contributed by atoms with Crippen molar-refractivity contribution in [1.29, 1.82) is 0 Å². The molecule has 0 spiro atoms. The third-order valence-electron chi connectivity index (χ3n) is 9.56. The zero-order valence-corrected chi connectivity index (χ0v) is 29.2. The van der Waals surface area contributed by atoms with Crippen molar-refractivity contribution in [3.8, 4) is 22.6 Å². The van der Waals surface area contributed by atoms with Gasteiger partial charge in [0, 0.05) is 11.1 Å². The van der Waals surface area contributed by atoms with E-state index in [1.807, 2.05) is 72.8 Å². The molecule has 0 fully saturated rings. The van der Waals surface area contributed by atoms with Crippen molar-refractivity contribution in [2.75, 3.05) is 14.2 Å². The van der Waals surface area contributed by atoms with Crippen molar-refractivity contribution in [2.45, 2.75) is 20.3 Å². The molecule has 0 atom stereocenters. The number of carbonyl (C=O) groups is 2. The average molecular weight is 667 g/mol. The van der Waals surface area contributed by atoms with Crippen molar-refractivity contribution >= 4 is 34.9 Å². The topological polar surface area (TPSA) is 52.6 Å². The number of benzene rings is 6. The normalized spacial score (nSPS) is 12.2. The second-order valence-electron chi connectivity index (χ2n) is 12.9. The van der Waals surface area contributed by atoms with Crippen LogP contribution < -0.4 is 9.47 Å². The molecule has 6 aromatic rings. The van der Waals surface area contributed by atoms with Crippen molar-refractivity contribution < 1.29 is 19.1 Å². The van der Waals surface area contributed by atoms with E-state index in [9.17, 15) is 9.59 Å². The summed E-state index contributed by atoms with van der Waals surface area (Å²) in [5.41, 5.74) is 15.1. The highest BCUT2D eigenvalue weighted by molar-refractivity contribution is 5.97. The van der Waals surface area contributed by atoms with Gasteiger partial charge in [-0.1, -0.05) is 109 Å². The molecule has 0 amide bonds. The number of methoxy groups -OCH3 is 2. The Labute approximate surface area is 299 Å². The third-order valence-corrected chi connectivity index (χ3v) is 9.56. The van der Waals surface area contributed by atoms with Gasteiger partial charge in [0.2, 0.25) is 0 Å². The summed E-state index contributed by atoms with van der Waals surface area (Å²) in [5, 5.41) is 0. The van der Waals surface area contributed by atoms with Crippen LogP contribution in [0.2, 0.25) is 0 Å². The zero-order valence-electron chi connectivity index (χ0n) is 29.2. The molecule has 0 aliphatic heterocycles. The number of hydrogen-bond donors (Lipinski definition) is 0. The molecular weight excluding hydrogens is 629 g/mol. The van der Waals surface area contributed by atoms with Crippen molar-refractivity contribution in [3.63, 3.8) is 0 Å². The molecule has 0 heterocycles. The Morgan fingerprint density at radius 2 is 0.784 bits per heavy atom. The first-order valence-electron chi connectivity index (χ1n) is 17.0. The molecular formula is C47H38O4. The molecule has 250 valence electrons. The highest BCUT2D eigenvalue weighted by Gasteiger charge is 2.21. The number of rotatable bonds is 10. The quantitative estimate of drug-likeness (QED) is 0.108. The Bertz CT molecular complexity index is 2140. The Hall–Kier alpha value is -6.26. The van der Waals surface area contributed by atoms with E-state index in [0.717, 1.165) is 62.4 Å². The van der Waals surface area contributed by atoms with Crippen LogP contribution in [-0.4, -0.2) is 25.8 Å². The van der Waals surface area contributed by atoms with E-state index >= 15 is 0 Å². The van der Waals surface area contributed by atoms with Crippen molar-refractivity contribution in [2.24, 2.45) is 0 Å². The SMILES string of the molecule is COc1ccc(/C(=C\c2ccc(C(C)=O)cc2)c2ccc3c(c2)Cc2cc(/C(=C/c4ccc(C(C)=O)cc4)c4ccc(OC)cc4)ccc2-3)cc1. The summed E-state index contributed by atoms with van der Waals surface area (Å²) in [6.07, 6.45) is 5.18. The summed E-state index contributed by atoms with van der Waals surface area (Å²) >= 11 is 0. The second-order valence-corrected chi connectivity index (χ2v) is 12.9. The summed E-state index contributed by atoms with van der Waals surface area (Å²) in [6, 6.07) is 45.3. The summed E-state index contributed by atoms with van der Waals surface area (Å²) in [5.74, 6) is 1.72. The first-order chi connectivity index (χ1) is 24.8. The average Bonchev–Trinajstić information content (AvgIpc) is 3.53. The minimum absolute atomic E-state index is 0.0529. The third kappa shape index (κ3) is 7.08. The summed E-state index contributed by atoms with van der Waals surface area (Å²) in [4.78, 5) is 23.8. The van der Waals surface area contributed by atoms with E-state index in [1.165, 1.54) is 22.3 Å². The second kappa shape index (κ2) is 14.3. The molecule has 0 unspecified atom stereocenters. The molecule has 6 aromatic carbocycles. The van der Waals surface area contributed by atoms with Gasteiger partial charge in [0.05, 0.1) is 14.2 Å². The number of ketones is 2. The van der Waals surface area contributed by atoms with Gasteiger partial charge in [-0.15, -0.1) is 0 Å². The summed E-state index contributed by atoms with van der Waals surface area (Å²) < 4.78 is 10.9. The molecule has 0 saturated heterocycles. The lowest BCUT2D eigenvalue weighted by Crippen LogP contribution is -1.93. The van der Waals surface area contributed by atoms with E-state index in [-0.39, 0.29) is 11.6 Å². The largest absolute Gasteiger partial charge is 0.497 e. The van der Waals surface area contributed by atoms with Crippen molar-refractivity contribution in [1.82, 2.24) is 0 Å². The minimum atomic E-state index is 0.0529. The summed E-state index contributed by atoms with van der Waals surface area (Å²) in [6.45, 7) is 3.18. The lowest BCUT2D eigenvalue weighted by molar-refractivity contribution is 0.100. The van der Waals surface area contributed by atoms with Gasteiger partial charge in [0.15, 0.2) is 11.6 Å². The molecule has 1 aliphatic rings. The molecule has 0 aromatic heterocycles. The van der Waals surface area contributed by atoms with E-state index in [0.29, 0.717) is 11.1 Å². The van der Waals surface area contributed by atoms with E-state index < -0.39 is 0 Å². The number of ether oxygens (including phenoxy) is 2. The number of Topliss-reactive ketones (excluding diaryl/α,β-unsaturated/α-hetero) is 2. The molecule has 0 radical (unpaired) electrons. The lowest BCUT2D eigenvalue weighted by Gasteiger charge is -2.13. The maximum absolute atomic E-state index is 11.9. The predicted molar refractivity (Wildman–Crippen MR) is 208 cm³/mol. The fourth-order valence-electron chi connectivity index (χ4n) is 6.71. The summed E-state index contributed by atoms with van der Waals surface area (Å²) in [7, 11) is 3.35. The Morgan fingerprint density at radius 3 is 1.12 bits per heavy atom. The highest BCUT2D eigenvalue weighted by Crippen LogP contribution is 2.41. The molecule has 4 heteroatoms. The minimum Gasteiger partial charge on any atom is -0.497 e. The Balaban J connectivity index is 1.26. The van der Waals surface area contributed by atoms with Crippen molar-refractivity contribution in [3.05, 3.63) is 189 Å². The van der Waals surface area contributed by atoms with Gasteiger partial charge in [0.1, 0.15) is 11.5 Å². The maximum atomic E-state index is 11.9. The molecule has 0 bridgehead atoms. The van der Waals surface area contributed by atoms with Crippen LogP contribution in [0, 0.1) is 0 Å². The number of hydrogen-bond acceptors (Lipinski definition) is 4. The van der Waals surface area contributed by atoms with E-state index in [1.54, 1.807) is 28.1 Å². The van der Waals surface area contributed by atoms with Crippen LogP contribution in [0.4, 0.5) is 0 Å². The van der Waals surface area contributed by atoms with Crippen LogP contribution in [0.3, 0.4) is 0 Å². The first kappa shape index (κ1) is 33.2. The predicted octanol–water partition coefficient (Wildman–Crippen LogP) is 10.9. The molecule has 51 heavy (non-hydrogen) atoms. The molecule has 1 aliphatic carbocycles. The van der Waals surface area contributed by atoms with Gasteiger partial charge in [-0.25, -0.2) is 0 Å². The fourth-order valence-corrected chi connectivity index (χ4v) is 6.71. The van der Waals surface area contributed by atoms with Gasteiger partial charge in [-0.2, -0.15) is 0 Å². The fraction of sp³-hybridized carbons (Fsp3) is 0.106. The van der Waals surface area contributed by atoms with Crippen LogP contribution >= 0.6 is 0 Å². The van der Waals surface area contributed by atoms with Crippen LogP contribution in [-0.2, 0) is 6.42 Å². The number of fused-ring (bicyclic) bond motifs is 3. The van der Waals surface area contributed by atoms with E-state index in [2.05, 4.69) is 72.8 Å². The smallest absolute Gasteiger partial charge is 0.159 e.